The van der Waals surface area contributed by atoms with E-state index in [0.717, 1.165) is 6.32 Å². The number of fused-ring (bicyclic) bond motifs is 1. The molecule has 0 spiro atoms. The molecular weight excluding hydrogens is 195 g/mol. The van der Waals surface area contributed by atoms with Crippen molar-refractivity contribution in [2.75, 3.05) is 0 Å². The highest BCUT2D eigenvalue weighted by atomic mass is 16.5. The van der Waals surface area contributed by atoms with E-state index >= 15 is 0 Å². The summed E-state index contributed by atoms with van der Waals surface area (Å²) in [5.74, 6) is 0.585. The number of rotatable bonds is 2. The summed E-state index contributed by atoms with van der Waals surface area (Å²) >= 11 is 0. The van der Waals surface area contributed by atoms with Gasteiger partial charge >= 0.3 is 6.92 Å². The first-order valence-corrected chi connectivity index (χ1v) is 6.28. The Morgan fingerprint density at radius 2 is 2.00 bits per heavy atom. The largest absolute Gasteiger partial charge is 0.422 e. The lowest BCUT2D eigenvalue weighted by atomic mass is 9.59. The summed E-state index contributed by atoms with van der Waals surface area (Å²) in [5, 5.41) is 0. The minimum Gasteiger partial charge on any atom is -0.422 e. The normalized spacial score (nSPS) is 18.0. The molecule has 0 fully saturated rings. The smallest absolute Gasteiger partial charge is 0.327 e. The number of benzene rings is 1. The Morgan fingerprint density at radius 1 is 1.31 bits per heavy atom. The topological polar surface area (TPSA) is 9.23 Å². The quantitative estimate of drug-likeness (QED) is 0.689. The van der Waals surface area contributed by atoms with Gasteiger partial charge in [0.2, 0.25) is 0 Å². The summed E-state index contributed by atoms with van der Waals surface area (Å²) in [6.45, 7) is 11.3. The van der Waals surface area contributed by atoms with Gasteiger partial charge in [-0.25, -0.2) is 0 Å². The van der Waals surface area contributed by atoms with E-state index in [2.05, 4.69) is 52.8 Å². The molecule has 1 aromatic carbocycles. The van der Waals surface area contributed by atoms with Gasteiger partial charge in [0.1, 0.15) is 0 Å². The fraction of sp³-hybridized carbons (Fsp3) is 0.571. The van der Waals surface area contributed by atoms with Crippen molar-refractivity contribution < 1.29 is 4.65 Å². The van der Waals surface area contributed by atoms with Crippen LogP contribution >= 0.6 is 0 Å². The van der Waals surface area contributed by atoms with Gasteiger partial charge in [-0.05, 0) is 42.7 Å². The monoisotopic (exact) mass is 216 g/mol. The Labute approximate surface area is 99.3 Å². The lowest BCUT2D eigenvalue weighted by Crippen LogP contribution is -2.27. The predicted molar refractivity (Wildman–Crippen MR) is 70.5 cm³/mol. The summed E-state index contributed by atoms with van der Waals surface area (Å²) in [4.78, 5) is 0. The van der Waals surface area contributed by atoms with Crippen molar-refractivity contribution in [3.05, 3.63) is 29.3 Å². The van der Waals surface area contributed by atoms with Crippen molar-refractivity contribution >= 4 is 12.4 Å². The molecule has 1 aliphatic heterocycles. The highest BCUT2D eigenvalue weighted by Gasteiger charge is 2.39. The van der Waals surface area contributed by atoms with Gasteiger partial charge in [-0.2, -0.15) is 0 Å². The van der Waals surface area contributed by atoms with Crippen LogP contribution in [0.4, 0.5) is 0 Å². The standard InChI is InChI=1S/C14H21BO/c1-6-15-13-8-7-11(10(2)3)9-12(13)14(4,5)16-15/h7-10H,6H2,1-5H3. The second kappa shape index (κ2) is 3.92. The lowest BCUT2D eigenvalue weighted by Gasteiger charge is -2.21. The molecule has 1 nitrogen and oxygen atoms in total. The maximum atomic E-state index is 6.10. The van der Waals surface area contributed by atoms with Crippen LogP contribution in [-0.4, -0.2) is 6.92 Å². The maximum absolute atomic E-state index is 6.10. The third-order valence-corrected chi connectivity index (χ3v) is 3.55. The average Bonchev–Trinajstić information content (AvgIpc) is 2.50. The van der Waals surface area contributed by atoms with Gasteiger partial charge in [-0.1, -0.05) is 39.0 Å². The number of hydrogen-bond acceptors (Lipinski definition) is 1. The first-order valence-electron chi connectivity index (χ1n) is 6.28. The highest BCUT2D eigenvalue weighted by Crippen LogP contribution is 2.33. The summed E-state index contributed by atoms with van der Waals surface area (Å²) < 4.78 is 6.10. The van der Waals surface area contributed by atoms with E-state index in [9.17, 15) is 0 Å². The molecule has 16 heavy (non-hydrogen) atoms. The Hall–Kier alpha value is -0.755. The van der Waals surface area contributed by atoms with Crippen LogP contribution in [0.3, 0.4) is 0 Å². The van der Waals surface area contributed by atoms with Crippen LogP contribution in [0.15, 0.2) is 18.2 Å². The number of hydrogen-bond donors (Lipinski definition) is 0. The third kappa shape index (κ3) is 1.80. The minimum absolute atomic E-state index is 0.124. The molecule has 0 saturated heterocycles. The Morgan fingerprint density at radius 3 is 2.56 bits per heavy atom. The summed E-state index contributed by atoms with van der Waals surface area (Å²) in [7, 11) is 0. The van der Waals surface area contributed by atoms with Crippen molar-refractivity contribution in [1.29, 1.82) is 0 Å². The van der Waals surface area contributed by atoms with Gasteiger partial charge < -0.3 is 4.65 Å². The van der Waals surface area contributed by atoms with E-state index < -0.39 is 0 Å². The molecule has 2 heteroatoms. The van der Waals surface area contributed by atoms with Crippen LogP contribution in [0.1, 0.15) is 51.7 Å². The van der Waals surface area contributed by atoms with Gasteiger partial charge in [0.15, 0.2) is 0 Å². The van der Waals surface area contributed by atoms with Crippen molar-refractivity contribution in [2.24, 2.45) is 0 Å². The summed E-state index contributed by atoms with van der Waals surface area (Å²) in [6, 6.07) is 6.83. The molecule has 2 rings (SSSR count). The molecule has 0 radical (unpaired) electrons. The maximum Gasteiger partial charge on any atom is 0.327 e. The van der Waals surface area contributed by atoms with Crippen molar-refractivity contribution in [1.82, 2.24) is 0 Å². The Kier molecular flexibility index (Phi) is 2.87. The fourth-order valence-corrected chi connectivity index (χ4v) is 2.52. The van der Waals surface area contributed by atoms with E-state index in [-0.39, 0.29) is 12.5 Å². The molecular formula is C14H21BO. The minimum atomic E-state index is -0.124. The fourth-order valence-electron chi connectivity index (χ4n) is 2.52. The van der Waals surface area contributed by atoms with Crippen LogP contribution in [0.5, 0.6) is 0 Å². The van der Waals surface area contributed by atoms with Crippen LogP contribution in [0.25, 0.3) is 0 Å². The predicted octanol–water partition coefficient (Wildman–Crippen LogP) is 3.29. The molecule has 1 aliphatic rings. The lowest BCUT2D eigenvalue weighted by molar-refractivity contribution is 0.123. The van der Waals surface area contributed by atoms with Gasteiger partial charge in [0, 0.05) is 0 Å². The zero-order valence-electron chi connectivity index (χ0n) is 11.0. The van der Waals surface area contributed by atoms with E-state index in [1.807, 2.05) is 0 Å². The SMILES string of the molecule is CCB1OC(C)(C)c2cc(C(C)C)ccc21. The second-order valence-electron chi connectivity index (χ2n) is 5.53. The zero-order valence-corrected chi connectivity index (χ0v) is 11.0. The molecule has 1 heterocycles. The molecule has 0 aliphatic carbocycles. The van der Waals surface area contributed by atoms with Gasteiger partial charge in [0.25, 0.3) is 0 Å². The van der Waals surface area contributed by atoms with Crippen LogP contribution in [0.2, 0.25) is 6.32 Å². The van der Waals surface area contributed by atoms with Gasteiger partial charge in [0.05, 0.1) is 5.60 Å². The average molecular weight is 216 g/mol. The Balaban J connectivity index is 2.49. The molecule has 86 valence electrons. The first-order chi connectivity index (χ1) is 7.45. The van der Waals surface area contributed by atoms with Crippen LogP contribution < -0.4 is 5.46 Å². The second-order valence-corrected chi connectivity index (χ2v) is 5.53. The molecule has 0 bridgehead atoms. The van der Waals surface area contributed by atoms with E-state index in [0.29, 0.717) is 5.92 Å². The molecule has 0 unspecified atom stereocenters. The summed E-state index contributed by atoms with van der Waals surface area (Å²) in [5.41, 5.74) is 4.05. The van der Waals surface area contributed by atoms with E-state index in [4.69, 9.17) is 4.65 Å². The molecule has 0 amide bonds. The molecule has 0 saturated carbocycles. The zero-order chi connectivity index (χ0) is 11.9. The van der Waals surface area contributed by atoms with E-state index in [1.165, 1.54) is 16.6 Å². The highest BCUT2D eigenvalue weighted by molar-refractivity contribution is 6.69. The molecule has 0 atom stereocenters. The van der Waals surface area contributed by atoms with Gasteiger partial charge in [-0.15, -0.1) is 0 Å². The Bertz CT molecular complexity index is 396. The first kappa shape index (κ1) is 11.7. The van der Waals surface area contributed by atoms with Crippen LogP contribution in [-0.2, 0) is 10.3 Å². The third-order valence-electron chi connectivity index (χ3n) is 3.55. The summed E-state index contributed by atoms with van der Waals surface area (Å²) in [6.07, 6.45) is 1.05. The molecule has 0 aromatic heterocycles. The van der Waals surface area contributed by atoms with Crippen molar-refractivity contribution in [2.45, 2.75) is 52.5 Å². The van der Waals surface area contributed by atoms with Crippen molar-refractivity contribution in [3.63, 3.8) is 0 Å². The van der Waals surface area contributed by atoms with E-state index in [1.54, 1.807) is 0 Å². The van der Waals surface area contributed by atoms with Crippen LogP contribution in [0, 0.1) is 0 Å². The van der Waals surface area contributed by atoms with Gasteiger partial charge in [-0.3, -0.25) is 0 Å². The van der Waals surface area contributed by atoms with Crippen molar-refractivity contribution in [3.8, 4) is 0 Å². The molecule has 0 N–H and O–H groups in total. The molecule has 1 aromatic rings.